The Kier molecular flexibility index (Phi) is 1.63. The van der Waals surface area contributed by atoms with Crippen molar-refractivity contribution < 1.29 is 0 Å². The molecule has 1 aromatic rings. The van der Waals surface area contributed by atoms with E-state index in [-0.39, 0.29) is 0 Å². The molecule has 72 valence electrons. The Balaban J connectivity index is 2.16. The molecule has 14 heavy (non-hydrogen) atoms. The van der Waals surface area contributed by atoms with Crippen LogP contribution in [-0.4, -0.2) is 5.84 Å². The van der Waals surface area contributed by atoms with E-state index in [1.54, 1.807) is 0 Å². The molecule has 1 aliphatic carbocycles. The topological polar surface area (TPSA) is 38.4 Å². The molecule has 1 aromatic carbocycles. The van der Waals surface area contributed by atoms with E-state index in [1.165, 1.54) is 24.8 Å². The summed E-state index contributed by atoms with van der Waals surface area (Å²) >= 11 is 0. The fourth-order valence-electron chi connectivity index (χ4n) is 2.81. The van der Waals surface area contributed by atoms with Crippen LogP contribution in [0.2, 0.25) is 0 Å². The summed E-state index contributed by atoms with van der Waals surface area (Å²) in [5.41, 5.74) is 8.48. The van der Waals surface area contributed by atoms with Crippen LogP contribution < -0.4 is 5.73 Å². The maximum atomic E-state index is 5.98. The molecule has 1 aliphatic heterocycles. The quantitative estimate of drug-likeness (QED) is 0.664. The van der Waals surface area contributed by atoms with Gasteiger partial charge >= 0.3 is 0 Å². The molecular formula is C12H14N2. The van der Waals surface area contributed by atoms with E-state index in [1.807, 2.05) is 6.07 Å². The highest BCUT2D eigenvalue weighted by atomic mass is 14.9. The number of amidine groups is 1. The lowest BCUT2D eigenvalue weighted by Crippen LogP contribution is -2.28. The molecule has 2 nitrogen and oxygen atoms in total. The largest absolute Gasteiger partial charge is 0.387 e. The van der Waals surface area contributed by atoms with Gasteiger partial charge in [-0.25, -0.2) is 4.99 Å². The number of benzene rings is 1. The van der Waals surface area contributed by atoms with E-state index in [9.17, 15) is 0 Å². The molecule has 0 aromatic heterocycles. The zero-order valence-electron chi connectivity index (χ0n) is 8.11. The van der Waals surface area contributed by atoms with Gasteiger partial charge in [0.2, 0.25) is 0 Å². The van der Waals surface area contributed by atoms with E-state index in [0.29, 0.717) is 11.8 Å². The lowest BCUT2D eigenvalue weighted by Gasteiger charge is -2.25. The van der Waals surface area contributed by atoms with Crippen molar-refractivity contribution in [2.45, 2.75) is 25.2 Å². The smallest absolute Gasteiger partial charge is 0.103 e. The molecule has 1 saturated carbocycles. The Morgan fingerprint density at radius 1 is 1.14 bits per heavy atom. The molecular weight excluding hydrogens is 172 g/mol. The van der Waals surface area contributed by atoms with Crippen LogP contribution in [-0.2, 0) is 0 Å². The van der Waals surface area contributed by atoms with Crippen LogP contribution in [0.4, 0.5) is 5.69 Å². The first kappa shape index (κ1) is 8.04. The predicted octanol–water partition coefficient (Wildman–Crippen LogP) is 2.57. The highest BCUT2D eigenvalue weighted by Crippen LogP contribution is 2.46. The minimum atomic E-state index is 0.518. The summed E-state index contributed by atoms with van der Waals surface area (Å²) in [6.45, 7) is 0. The second kappa shape index (κ2) is 2.84. The number of fused-ring (bicyclic) bond motifs is 3. The normalized spacial score (nSPS) is 29.3. The molecule has 0 radical (unpaired) electrons. The van der Waals surface area contributed by atoms with Crippen molar-refractivity contribution in [1.82, 2.24) is 0 Å². The van der Waals surface area contributed by atoms with Crippen LogP contribution in [0.25, 0.3) is 0 Å². The third kappa shape index (κ3) is 0.999. The Labute approximate surface area is 83.8 Å². The van der Waals surface area contributed by atoms with Crippen LogP contribution in [0.1, 0.15) is 30.7 Å². The third-order valence-electron chi connectivity index (χ3n) is 3.48. The highest BCUT2D eigenvalue weighted by molar-refractivity contribution is 5.89. The monoisotopic (exact) mass is 186 g/mol. The van der Waals surface area contributed by atoms with Gasteiger partial charge in [-0.05, 0) is 30.4 Å². The van der Waals surface area contributed by atoms with Gasteiger partial charge in [-0.15, -0.1) is 0 Å². The molecule has 0 saturated heterocycles. The van der Waals surface area contributed by atoms with Gasteiger partial charge in [0.15, 0.2) is 0 Å². The van der Waals surface area contributed by atoms with Crippen molar-refractivity contribution >= 4 is 11.5 Å². The summed E-state index contributed by atoms with van der Waals surface area (Å²) in [7, 11) is 0. The van der Waals surface area contributed by atoms with Crippen LogP contribution in [0.3, 0.4) is 0 Å². The minimum absolute atomic E-state index is 0.518. The summed E-state index contributed by atoms with van der Waals surface area (Å²) < 4.78 is 0. The fourth-order valence-corrected chi connectivity index (χ4v) is 2.81. The second-order valence-electron chi connectivity index (χ2n) is 4.24. The Bertz CT molecular complexity index is 395. The number of rotatable bonds is 0. The van der Waals surface area contributed by atoms with Crippen molar-refractivity contribution in [2.75, 3.05) is 0 Å². The number of nitrogens with zero attached hydrogens (tertiary/aromatic N) is 1. The first-order valence-electron chi connectivity index (χ1n) is 5.29. The van der Waals surface area contributed by atoms with Gasteiger partial charge in [0.25, 0.3) is 0 Å². The number of hydrogen-bond donors (Lipinski definition) is 1. The number of aliphatic imine (C=N–C) groups is 1. The molecule has 0 spiro atoms. The average Bonchev–Trinajstić information content (AvgIpc) is 2.67. The van der Waals surface area contributed by atoms with E-state index in [4.69, 9.17) is 5.73 Å². The van der Waals surface area contributed by atoms with E-state index in [2.05, 4.69) is 23.2 Å². The zero-order chi connectivity index (χ0) is 9.54. The SMILES string of the molecule is NC1=Nc2ccccc2[C@H]2CCC[C@@H]12. The van der Waals surface area contributed by atoms with Crippen LogP contribution >= 0.6 is 0 Å². The standard InChI is InChI=1S/C12H14N2/c13-12-10-6-3-5-8(10)9-4-1-2-7-11(9)14-12/h1-2,4,7-8,10H,3,5-6H2,(H2,13,14)/t8-,10-/m1/s1. The van der Waals surface area contributed by atoms with E-state index in [0.717, 1.165) is 11.5 Å². The van der Waals surface area contributed by atoms with E-state index >= 15 is 0 Å². The van der Waals surface area contributed by atoms with E-state index < -0.39 is 0 Å². The van der Waals surface area contributed by atoms with Crippen molar-refractivity contribution in [2.24, 2.45) is 16.6 Å². The average molecular weight is 186 g/mol. The molecule has 3 rings (SSSR count). The predicted molar refractivity (Wildman–Crippen MR) is 57.8 cm³/mol. The maximum Gasteiger partial charge on any atom is 0.103 e. The molecule has 2 heteroatoms. The fraction of sp³-hybridized carbons (Fsp3) is 0.417. The van der Waals surface area contributed by atoms with Gasteiger partial charge in [0.1, 0.15) is 5.84 Å². The van der Waals surface area contributed by atoms with Crippen LogP contribution in [0.15, 0.2) is 29.3 Å². The molecule has 0 bridgehead atoms. The third-order valence-corrected chi connectivity index (χ3v) is 3.48. The minimum Gasteiger partial charge on any atom is -0.387 e. The summed E-state index contributed by atoms with van der Waals surface area (Å²) in [5, 5.41) is 0. The molecule has 0 amide bonds. The highest BCUT2D eigenvalue weighted by Gasteiger charge is 2.35. The summed E-state index contributed by atoms with van der Waals surface area (Å²) in [4.78, 5) is 4.48. The van der Waals surface area contributed by atoms with Crippen molar-refractivity contribution in [1.29, 1.82) is 0 Å². The molecule has 1 heterocycles. The molecule has 2 atom stereocenters. The lowest BCUT2D eigenvalue weighted by molar-refractivity contribution is 0.610. The summed E-state index contributed by atoms with van der Waals surface area (Å²) in [6.07, 6.45) is 3.78. The first-order valence-corrected chi connectivity index (χ1v) is 5.29. The first-order chi connectivity index (χ1) is 6.86. The van der Waals surface area contributed by atoms with Crippen molar-refractivity contribution in [3.63, 3.8) is 0 Å². The Morgan fingerprint density at radius 2 is 1.93 bits per heavy atom. The zero-order valence-corrected chi connectivity index (χ0v) is 8.11. The Morgan fingerprint density at radius 3 is 2.86 bits per heavy atom. The van der Waals surface area contributed by atoms with Crippen LogP contribution in [0.5, 0.6) is 0 Å². The van der Waals surface area contributed by atoms with Crippen molar-refractivity contribution in [3.8, 4) is 0 Å². The van der Waals surface area contributed by atoms with Crippen LogP contribution in [0, 0.1) is 5.92 Å². The van der Waals surface area contributed by atoms with Gasteiger partial charge < -0.3 is 5.73 Å². The lowest BCUT2D eigenvalue weighted by atomic mass is 9.85. The Hall–Kier alpha value is -1.31. The van der Waals surface area contributed by atoms with Gasteiger partial charge in [-0.2, -0.15) is 0 Å². The molecule has 2 N–H and O–H groups in total. The number of para-hydroxylation sites is 1. The van der Waals surface area contributed by atoms with Gasteiger partial charge in [0, 0.05) is 5.92 Å². The number of hydrogen-bond acceptors (Lipinski definition) is 2. The van der Waals surface area contributed by atoms with Crippen molar-refractivity contribution in [3.05, 3.63) is 29.8 Å². The summed E-state index contributed by atoms with van der Waals surface area (Å²) in [5.74, 6) is 2.01. The molecule has 2 aliphatic rings. The van der Waals surface area contributed by atoms with Gasteiger partial charge in [0.05, 0.1) is 5.69 Å². The number of nitrogens with two attached hydrogens (primary N) is 1. The summed E-state index contributed by atoms with van der Waals surface area (Å²) in [6, 6.07) is 8.40. The molecule has 1 fully saturated rings. The second-order valence-corrected chi connectivity index (χ2v) is 4.24. The van der Waals surface area contributed by atoms with Gasteiger partial charge in [-0.1, -0.05) is 24.6 Å². The molecule has 0 unspecified atom stereocenters. The van der Waals surface area contributed by atoms with Gasteiger partial charge in [-0.3, -0.25) is 0 Å². The maximum absolute atomic E-state index is 5.98.